The van der Waals surface area contributed by atoms with E-state index >= 15 is 0 Å². The Hall–Kier alpha value is -2.24. The Morgan fingerprint density at radius 3 is 2.48 bits per heavy atom. The molecule has 23 heavy (non-hydrogen) atoms. The lowest BCUT2D eigenvalue weighted by Crippen LogP contribution is -2.44. The summed E-state index contributed by atoms with van der Waals surface area (Å²) < 4.78 is 26.0. The molecule has 0 aliphatic heterocycles. The molecule has 1 rings (SSSR count). The van der Waals surface area contributed by atoms with Gasteiger partial charge in [0.2, 0.25) is 5.91 Å². The highest BCUT2D eigenvalue weighted by molar-refractivity contribution is 5.97. The van der Waals surface area contributed by atoms with E-state index in [1.165, 1.54) is 0 Å². The molecule has 0 bridgehead atoms. The van der Waals surface area contributed by atoms with Crippen molar-refractivity contribution in [3.63, 3.8) is 0 Å². The second kappa shape index (κ2) is 9.71. The van der Waals surface area contributed by atoms with Gasteiger partial charge in [0.1, 0.15) is 6.04 Å². The minimum atomic E-state index is -1.12. The highest BCUT2D eigenvalue weighted by atomic mass is 19.2. The number of amides is 2. The summed E-state index contributed by atoms with van der Waals surface area (Å²) in [6.07, 6.45) is 6.92. The molecule has 3 N–H and O–H groups in total. The molecule has 0 fully saturated rings. The average molecular weight is 324 g/mol. The number of hydrogen-bond acceptors (Lipinski definition) is 2. The van der Waals surface area contributed by atoms with Crippen LogP contribution in [0.25, 0.3) is 0 Å². The van der Waals surface area contributed by atoms with Crippen molar-refractivity contribution >= 4 is 11.8 Å². The van der Waals surface area contributed by atoms with Crippen LogP contribution < -0.4 is 11.1 Å². The molecule has 1 aromatic carbocycles. The molecule has 1 aromatic rings. The van der Waals surface area contributed by atoms with Gasteiger partial charge in [0.05, 0.1) is 0 Å². The Morgan fingerprint density at radius 1 is 1.17 bits per heavy atom. The first-order chi connectivity index (χ1) is 11.0. The van der Waals surface area contributed by atoms with Crippen molar-refractivity contribution in [2.75, 3.05) is 0 Å². The first kappa shape index (κ1) is 18.8. The first-order valence-corrected chi connectivity index (χ1v) is 7.62. The third-order valence-electron chi connectivity index (χ3n) is 3.48. The number of benzene rings is 1. The number of carbonyl (C=O) groups is 2. The van der Waals surface area contributed by atoms with Crippen LogP contribution in [0.4, 0.5) is 8.78 Å². The normalized spacial score (nSPS) is 11.7. The van der Waals surface area contributed by atoms with Gasteiger partial charge in [-0.05, 0) is 37.5 Å². The number of nitrogens with one attached hydrogen (secondary N) is 1. The van der Waals surface area contributed by atoms with Crippen LogP contribution in [0.5, 0.6) is 0 Å². The zero-order valence-corrected chi connectivity index (χ0v) is 13.0. The average Bonchev–Trinajstić information content (AvgIpc) is 2.51. The number of nitrogens with two attached hydrogens (primary N) is 1. The van der Waals surface area contributed by atoms with Gasteiger partial charge in [-0.25, -0.2) is 8.78 Å². The quantitative estimate of drug-likeness (QED) is 0.513. The van der Waals surface area contributed by atoms with E-state index in [0.29, 0.717) is 6.42 Å². The zero-order chi connectivity index (χ0) is 17.2. The first-order valence-electron chi connectivity index (χ1n) is 7.62. The molecule has 126 valence electrons. The maximum atomic E-state index is 13.1. The van der Waals surface area contributed by atoms with Crippen LogP contribution in [0.1, 0.15) is 48.9 Å². The van der Waals surface area contributed by atoms with E-state index in [1.54, 1.807) is 0 Å². The third-order valence-corrected chi connectivity index (χ3v) is 3.48. The smallest absolute Gasteiger partial charge is 0.252 e. The summed E-state index contributed by atoms with van der Waals surface area (Å²) in [5, 5.41) is 2.46. The second-order valence-electron chi connectivity index (χ2n) is 5.34. The van der Waals surface area contributed by atoms with E-state index in [1.807, 2.05) is 6.08 Å². The number of halogens is 2. The van der Waals surface area contributed by atoms with Crippen molar-refractivity contribution in [1.82, 2.24) is 5.32 Å². The van der Waals surface area contributed by atoms with Crippen LogP contribution in [0.2, 0.25) is 0 Å². The van der Waals surface area contributed by atoms with Gasteiger partial charge in [0.15, 0.2) is 11.6 Å². The van der Waals surface area contributed by atoms with Crippen molar-refractivity contribution in [2.45, 2.75) is 44.6 Å². The number of carbonyl (C=O) groups excluding carboxylic acids is 2. The highest BCUT2D eigenvalue weighted by Gasteiger charge is 2.19. The Morgan fingerprint density at radius 2 is 1.87 bits per heavy atom. The molecule has 0 radical (unpaired) electrons. The van der Waals surface area contributed by atoms with E-state index in [4.69, 9.17) is 5.73 Å². The van der Waals surface area contributed by atoms with Crippen LogP contribution in [-0.4, -0.2) is 17.9 Å². The second-order valence-corrected chi connectivity index (χ2v) is 5.34. The summed E-state index contributed by atoms with van der Waals surface area (Å²) in [4.78, 5) is 23.4. The van der Waals surface area contributed by atoms with Gasteiger partial charge in [-0.1, -0.05) is 25.3 Å². The maximum Gasteiger partial charge on any atom is 0.252 e. The Bertz CT molecular complexity index is 562. The van der Waals surface area contributed by atoms with Gasteiger partial charge < -0.3 is 11.1 Å². The summed E-state index contributed by atoms with van der Waals surface area (Å²) in [5.41, 5.74) is 5.22. The van der Waals surface area contributed by atoms with Crippen LogP contribution in [0.3, 0.4) is 0 Å². The van der Waals surface area contributed by atoms with E-state index in [2.05, 4.69) is 11.9 Å². The van der Waals surface area contributed by atoms with Crippen LogP contribution in [0, 0.1) is 11.6 Å². The molecule has 0 unspecified atom stereocenters. The molecule has 0 spiro atoms. The number of allylic oxidation sites excluding steroid dienone is 1. The van der Waals surface area contributed by atoms with Crippen LogP contribution in [-0.2, 0) is 4.79 Å². The molecule has 0 heterocycles. The molecular formula is C17H22F2N2O2. The molecule has 1 atom stereocenters. The predicted molar refractivity (Wildman–Crippen MR) is 84.7 cm³/mol. The minimum absolute atomic E-state index is 0.0545. The molecule has 4 nitrogen and oxygen atoms in total. The van der Waals surface area contributed by atoms with Crippen molar-refractivity contribution in [3.8, 4) is 0 Å². The molecule has 0 aliphatic carbocycles. The fraction of sp³-hybridized carbons (Fsp3) is 0.412. The number of hydrogen-bond donors (Lipinski definition) is 2. The highest BCUT2D eigenvalue weighted by Crippen LogP contribution is 2.11. The Kier molecular flexibility index (Phi) is 7.94. The molecule has 2 amide bonds. The Balaban J connectivity index is 2.51. The monoisotopic (exact) mass is 324 g/mol. The molecule has 6 heteroatoms. The fourth-order valence-corrected chi connectivity index (χ4v) is 2.16. The maximum absolute atomic E-state index is 13.1. The summed E-state index contributed by atoms with van der Waals surface area (Å²) >= 11 is 0. The van der Waals surface area contributed by atoms with Gasteiger partial charge >= 0.3 is 0 Å². The van der Waals surface area contributed by atoms with Crippen molar-refractivity contribution in [3.05, 3.63) is 48.1 Å². The molecular weight excluding hydrogens is 302 g/mol. The zero-order valence-electron chi connectivity index (χ0n) is 13.0. The summed E-state index contributed by atoms with van der Waals surface area (Å²) in [6.45, 7) is 3.64. The molecule has 0 aliphatic rings. The fourth-order valence-electron chi connectivity index (χ4n) is 2.16. The topological polar surface area (TPSA) is 72.2 Å². The van der Waals surface area contributed by atoms with Gasteiger partial charge in [-0.2, -0.15) is 0 Å². The molecule has 0 aromatic heterocycles. The van der Waals surface area contributed by atoms with Crippen molar-refractivity contribution < 1.29 is 18.4 Å². The van der Waals surface area contributed by atoms with Crippen molar-refractivity contribution in [2.24, 2.45) is 5.73 Å². The lowest BCUT2D eigenvalue weighted by Gasteiger charge is -2.15. The van der Waals surface area contributed by atoms with Crippen LogP contribution in [0.15, 0.2) is 30.9 Å². The van der Waals surface area contributed by atoms with Gasteiger partial charge in [0, 0.05) is 5.56 Å². The number of unbranched alkanes of at least 4 members (excludes halogenated alkanes) is 4. The number of rotatable bonds is 10. The minimum Gasteiger partial charge on any atom is -0.368 e. The predicted octanol–water partition coefficient (Wildman–Crippen LogP) is 3.08. The summed E-state index contributed by atoms with van der Waals surface area (Å²) in [7, 11) is 0. The van der Waals surface area contributed by atoms with Gasteiger partial charge in [-0.3, -0.25) is 9.59 Å². The number of primary amides is 1. The summed E-state index contributed by atoms with van der Waals surface area (Å²) in [6, 6.07) is 1.98. The largest absolute Gasteiger partial charge is 0.368 e. The van der Waals surface area contributed by atoms with E-state index < -0.39 is 29.5 Å². The summed E-state index contributed by atoms with van der Waals surface area (Å²) in [5.74, 6) is -3.45. The van der Waals surface area contributed by atoms with Gasteiger partial charge in [-0.15, -0.1) is 6.58 Å². The SMILES string of the molecule is C=CCCCCCC[C@@H](NC(=O)c1ccc(F)c(F)c1)C(N)=O. The third kappa shape index (κ3) is 6.59. The van der Waals surface area contributed by atoms with E-state index in [0.717, 1.165) is 50.3 Å². The van der Waals surface area contributed by atoms with Gasteiger partial charge in [0.25, 0.3) is 5.91 Å². The van der Waals surface area contributed by atoms with Crippen molar-refractivity contribution in [1.29, 1.82) is 0 Å². The van der Waals surface area contributed by atoms with Crippen LogP contribution >= 0.6 is 0 Å². The lowest BCUT2D eigenvalue weighted by molar-refractivity contribution is -0.120. The van der Waals surface area contributed by atoms with E-state index in [-0.39, 0.29) is 5.56 Å². The standard InChI is InChI=1S/C17H22F2N2O2/c1-2-3-4-5-6-7-8-15(16(20)22)21-17(23)12-9-10-13(18)14(19)11-12/h2,9-11,15H,1,3-8H2,(H2,20,22)(H,21,23)/t15-/m1/s1. The van der Waals surface area contributed by atoms with E-state index in [9.17, 15) is 18.4 Å². The lowest BCUT2D eigenvalue weighted by atomic mass is 10.1. The molecule has 0 saturated carbocycles. The Labute approximate surface area is 134 Å². The molecule has 0 saturated heterocycles.